The molecule has 0 bridgehead atoms. The highest BCUT2D eigenvalue weighted by molar-refractivity contribution is 9.10. The first-order valence-corrected chi connectivity index (χ1v) is 5.93. The number of nitriles is 1. The molecule has 16 heavy (non-hydrogen) atoms. The van der Waals surface area contributed by atoms with Gasteiger partial charge in [0.15, 0.2) is 0 Å². The van der Waals surface area contributed by atoms with E-state index in [9.17, 15) is 5.11 Å². The van der Waals surface area contributed by atoms with Gasteiger partial charge in [-0.05, 0) is 24.5 Å². The number of hydrogen-bond donors (Lipinski definition) is 2. The molecule has 1 aromatic carbocycles. The van der Waals surface area contributed by atoms with Gasteiger partial charge in [-0.1, -0.05) is 29.8 Å². The lowest BCUT2D eigenvalue weighted by Crippen LogP contribution is -2.14. The minimum atomic E-state index is -0.261. The number of aromatic hydroxyl groups is 1. The van der Waals surface area contributed by atoms with E-state index in [4.69, 9.17) is 11.0 Å². The molecular weight excluding hydrogens is 268 g/mol. The molecule has 0 saturated carbocycles. The second kappa shape index (κ2) is 5.33. The summed E-state index contributed by atoms with van der Waals surface area (Å²) in [4.78, 5) is 0. The van der Waals surface area contributed by atoms with Gasteiger partial charge in [0.2, 0.25) is 0 Å². The van der Waals surface area contributed by atoms with Crippen LogP contribution in [-0.2, 0) is 0 Å². The Morgan fingerprint density at radius 3 is 2.62 bits per heavy atom. The van der Waals surface area contributed by atoms with Crippen molar-refractivity contribution in [2.24, 2.45) is 11.7 Å². The molecular formula is C12H15BrN2O. The second-order valence-electron chi connectivity index (χ2n) is 4.21. The summed E-state index contributed by atoms with van der Waals surface area (Å²) in [6, 6.07) is 5.00. The van der Waals surface area contributed by atoms with Crippen molar-refractivity contribution < 1.29 is 5.11 Å². The van der Waals surface area contributed by atoms with E-state index < -0.39 is 0 Å². The lowest BCUT2D eigenvalue weighted by Gasteiger charge is -2.17. The average Bonchev–Trinajstić information content (AvgIpc) is 2.16. The quantitative estimate of drug-likeness (QED) is 0.895. The largest absolute Gasteiger partial charge is 0.506 e. The Labute approximate surface area is 104 Å². The smallest absolute Gasteiger partial charge is 0.139 e. The highest BCUT2D eigenvalue weighted by Crippen LogP contribution is 2.35. The van der Waals surface area contributed by atoms with Crippen LogP contribution >= 0.6 is 15.9 Å². The molecule has 0 aliphatic rings. The van der Waals surface area contributed by atoms with E-state index in [1.54, 1.807) is 12.1 Å². The van der Waals surface area contributed by atoms with Gasteiger partial charge in [-0.25, -0.2) is 0 Å². The lowest BCUT2D eigenvalue weighted by molar-refractivity contribution is 0.443. The van der Waals surface area contributed by atoms with Crippen molar-refractivity contribution >= 4 is 15.9 Å². The topological polar surface area (TPSA) is 70.0 Å². The Balaban J connectivity index is 3.17. The molecule has 0 heterocycles. The van der Waals surface area contributed by atoms with Gasteiger partial charge in [-0.15, -0.1) is 0 Å². The van der Waals surface area contributed by atoms with Crippen LogP contribution in [0.4, 0.5) is 0 Å². The lowest BCUT2D eigenvalue weighted by atomic mass is 9.95. The fourth-order valence-corrected chi connectivity index (χ4v) is 2.27. The van der Waals surface area contributed by atoms with Crippen LogP contribution < -0.4 is 5.73 Å². The monoisotopic (exact) mass is 282 g/mol. The van der Waals surface area contributed by atoms with Crippen LogP contribution in [0.3, 0.4) is 0 Å². The van der Waals surface area contributed by atoms with Crippen LogP contribution in [0, 0.1) is 17.2 Å². The third kappa shape index (κ3) is 2.75. The predicted octanol–water partition coefficient (Wildman–Crippen LogP) is 3.07. The first-order chi connectivity index (χ1) is 7.47. The maximum Gasteiger partial charge on any atom is 0.139 e. The average molecular weight is 283 g/mol. The van der Waals surface area contributed by atoms with E-state index in [0.717, 1.165) is 10.9 Å². The van der Waals surface area contributed by atoms with Gasteiger partial charge in [0.1, 0.15) is 11.8 Å². The van der Waals surface area contributed by atoms with Gasteiger partial charge >= 0.3 is 0 Å². The first-order valence-electron chi connectivity index (χ1n) is 5.14. The molecule has 86 valence electrons. The molecule has 3 N–H and O–H groups in total. The summed E-state index contributed by atoms with van der Waals surface area (Å²) in [5.74, 6) is 0.428. The zero-order valence-corrected chi connectivity index (χ0v) is 11.0. The standard InChI is InChI=1S/C12H15BrN2O/c1-7(2)5-10(15)11-9(13)4-3-8(6-14)12(11)16/h3-4,7,10,16H,5,15H2,1-2H3/t10-/m1/s1. The molecule has 1 rings (SSSR count). The molecule has 0 aliphatic heterocycles. The number of benzene rings is 1. The molecule has 4 heteroatoms. The van der Waals surface area contributed by atoms with Crippen molar-refractivity contribution in [2.75, 3.05) is 0 Å². The van der Waals surface area contributed by atoms with Crippen LogP contribution in [0.5, 0.6) is 5.75 Å². The molecule has 3 nitrogen and oxygen atoms in total. The summed E-state index contributed by atoms with van der Waals surface area (Å²) in [7, 11) is 0. The maximum atomic E-state index is 9.92. The summed E-state index contributed by atoms with van der Waals surface area (Å²) in [5, 5.41) is 18.8. The number of phenolic OH excluding ortho intramolecular Hbond substituents is 1. The van der Waals surface area contributed by atoms with E-state index in [1.807, 2.05) is 6.07 Å². The summed E-state index contributed by atoms with van der Waals surface area (Å²) < 4.78 is 0.747. The van der Waals surface area contributed by atoms with Crippen LogP contribution in [0.15, 0.2) is 16.6 Å². The Hall–Kier alpha value is -1.05. The van der Waals surface area contributed by atoms with Gasteiger partial charge in [0.25, 0.3) is 0 Å². The van der Waals surface area contributed by atoms with Crippen molar-refractivity contribution in [1.29, 1.82) is 5.26 Å². The van der Waals surface area contributed by atoms with Crippen molar-refractivity contribution in [1.82, 2.24) is 0 Å². The number of halogens is 1. The Morgan fingerprint density at radius 2 is 2.12 bits per heavy atom. The first kappa shape index (κ1) is 13.0. The van der Waals surface area contributed by atoms with Gasteiger partial charge in [-0.3, -0.25) is 0 Å². The van der Waals surface area contributed by atoms with Gasteiger partial charge in [0.05, 0.1) is 5.56 Å². The zero-order valence-electron chi connectivity index (χ0n) is 9.37. The normalized spacial score (nSPS) is 12.5. The van der Waals surface area contributed by atoms with E-state index >= 15 is 0 Å². The Kier molecular flexibility index (Phi) is 4.34. The third-order valence-electron chi connectivity index (χ3n) is 2.38. The molecule has 0 spiro atoms. The fourth-order valence-electron chi connectivity index (χ4n) is 1.65. The molecule has 0 amide bonds. The van der Waals surface area contributed by atoms with Gasteiger partial charge in [-0.2, -0.15) is 5.26 Å². The molecule has 0 saturated heterocycles. The number of phenols is 1. The summed E-state index contributed by atoms with van der Waals surface area (Å²) >= 11 is 3.35. The highest BCUT2D eigenvalue weighted by atomic mass is 79.9. The van der Waals surface area contributed by atoms with Crippen molar-refractivity contribution in [3.63, 3.8) is 0 Å². The van der Waals surface area contributed by atoms with Crippen LogP contribution in [0.2, 0.25) is 0 Å². The van der Waals surface area contributed by atoms with E-state index in [1.165, 1.54) is 0 Å². The molecule has 1 atom stereocenters. The van der Waals surface area contributed by atoms with E-state index in [-0.39, 0.29) is 17.4 Å². The number of nitrogens with two attached hydrogens (primary N) is 1. The molecule has 1 aromatic rings. The minimum absolute atomic E-state index is 0.00924. The van der Waals surface area contributed by atoms with Crippen molar-refractivity contribution in [2.45, 2.75) is 26.3 Å². The summed E-state index contributed by atoms with van der Waals surface area (Å²) in [5.41, 5.74) is 6.90. The number of nitrogens with zero attached hydrogens (tertiary/aromatic N) is 1. The maximum absolute atomic E-state index is 9.92. The third-order valence-corrected chi connectivity index (χ3v) is 3.07. The van der Waals surface area contributed by atoms with E-state index in [0.29, 0.717) is 11.5 Å². The fraction of sp³-hybridized carbons (Fsp3) is 0.417. The zero-order chi connectivity index (χ0) is 12.3. The second-order valence-corrected chi connectivity index (χ2v) is 5.06. The summed E-state index contributed by atoms with van der Waals surface area (Å²) in [6.07, 6.45) is 0.765. The van der Waals surface area contributed by atoms with Crippen LogP contribution in [-0.4, -0.2) is 5.11 Å². The van der Waals surface area contributed by atoms with E-state index in [2.05, 4.69) is 29.8 Å². The highest BCUT2D eigenvalue weighted by Gasteiger charge is 2.18. The molecule has 0 aliphatic carbocycles. The Bertz CT molecular complexity index is 424. The van der Waals surface area contributed by atoms with Crippen molar-refractivity contribution in [3.05, 3.63) is 27.7 Å². The Morgan fingerprint density at radius 1 is 1.50 bits per heavy atom. The molecule has 0 unspecified atom stereocenters. The number of rotatable bonds is 3. The minimum Gasteiger partial charge on any atom is -0.506 e. The molecule has 0 fully saturated rings. The summed E-state index contributed by atoms with van der Waals surface area (Å²) in [6.45, 7) is 4.14. The van der Waals surface area contributed by atoms with Crippen molar-refractivity contribution in [3.8, 4) is 11.8 Å². The molecule has 0 radical (unpaired) electrons. The van der Waals surface area contributed by atoms with Gasteiger partial charge in [0, 0.05) is 16.1 Å². The molecule has 0 aromatic heterocycles. The van der Waals surface area contributed by atoms with Gasteiger partial charge < -0.3 is 10.8 Å². The van der Waals surface area contributed by atoms with Crippen LogP contribution in [0.25, 0.3) is 0 Å². The SMILES string of the molecule is CC(C)C[C@@H](N)c1c(Br)ccc(C#N)c1O. The predicted molar refractivity (Wildman–Crippen MR) is 66.9 cm³/mol. The number of hydrogen-bond acceptors (Lipinski definition) is 3. The van der Waals surface area contributed by atoms with Crippen LogP contribution in [0.1, 0.15) is 37.4 Å².